The molecule has 1 heterocycles. The molecule has 1 unspecified atom stereocenters. The van der Waals surface area contributed by atoms with Gasteiger partial charge in [0.15, 0.2) is 0 Å². The van der Waals surface area contributed by atoms with Gasteiger partial charge >= 0.3 is 0 Å². The molecule has 0 aromatic carbocycles. The maximum atomic E-state index is 12.1. The van der Waals surface area contributed by atoms with Gasteiger partial charge in [0, 0.05) is 20.1 Å². The summed E-state index contributed by atoms with van der Waals surface area (Å²) in [5, 5.41) is 13.4. The number of hydrogen-bond donors (Lipinski definition) is 2. The normalized spacial score (nSPS) is 22.5. The summed E-state index contributed by atoms with van der Waals surface area (Å²) in [5.41, 5.74) is 0. The third-order valence-corrected chi connectivity index (χ3v) is 6.79. The summed E-state index contributed by atoms with van der Waals surface area (Å²) >= 11 is 0. The molecular formula is C28H55NO5. The number of hydrogen-bond acceptors (Lipinski definition) is 5. The van der Waals surface area contributed by atoms with Crippen LogP contribution in [0.2, 0.25) is 0 Å². The molecule has 0 aromatic heterocycles. The molecule has 34 heavy (non-hydrogen) atoms. The van der Waals surface area contributed by atoms with Crippen LogP contribution in [-0.2, 0) is 19.0 Å². The van der Waals surface area contributed by atoms with Gasteiger partial charge in [-0.2, -0.15) is 0 Å². The maximum Gasteiger partial charge on any atom is 0.219 e. The molecule has 1 saturated heterocycles. The fraction of sp³-hybridized carbons (Fsp3) is 0.964. The standard InChI is InChI=1S/C28H55NO5/c1-5-6-7-8-9-10-11-12-13-14-15-16-17-20-26(30)29-21-18-19-24-28(32-4)27(31)25(34-24)22-33-23(2)3/h23-25,27-28,31H,5-22H2,1-4H3,(H,29,30)/t24-,25+,27?,28+/m0/s1. The average molecular weight is 486 g/mol. The van der Waals surface area contributed by atoms with Crippen molar-refractivity contribution < 1.29 is 24.1 Å². The van der Waals surface area contributed by atoms with Gasteiger partial charge in [-0.15, -0.1) is 0 Å². The minimum atomic E-state index is -0.682. The topological polar surface area (TPSA) is 77.0 Å². The van der Waals surface area contributed by atoms with Gasteiger partial charge in [-0.1, -0.05) is 84.0 Å². The molecule has 1 fully saturated rings. The molecule has 0 radical (unpaired) electrons. The van der Waals surface area contributed by atoms with E-state index in [1.165, 1.54) is 70.6 Å². The quantitative estimate of drug-likeness (QED) is 0.186. The predicted octanol–water partition coefficient (Wildman–Crippen LogP) is 5.93. The number of carbonyl (C=O) groups excluding carboxylic acids is 1. The number of methoxy groups -OCH3 is 1. The highest BCUT2D eigenvalue weighted by molar-refractivity contribution is 5.75. The summed E-state index contributed by atoms with van der Waals surface area (Å²) in [6, 6.07) is 0. The molecule has 0 aromatic rings. The van der Waals surface area contributed by atoms with Crippen LogP contribution in [0.1, 0.15) is 124 Å². The molecule has 0 spiro atoms. The number of aliphatic hydroxyl groups is 1. The van der Waals surface area contributed by atoms with Gasteiger partial charge in [0.2, 0.25) is 5.91 Å². The van der Waals surface area contributed by atoms with Crippen LogP contribution in [-0.4, -0.2) is 61.8 Å². The van der Waals surface area contributed by atoms with Crippen LogP contribution in [0, 0.1) is 0 Å². The highest BCUT2D eigenvalue weighted by atomic mass is 16.6. The van der Waals surface area contributed by atoms with Crippen LogP contribution < -0.4 is 5.32 Å². The molecular weight excluding hydrogens is 430 g/mol. The van der Waals surface area contributed by atoms with Crippen LogP contribution in [0.25, 0.3) is 0 Å². The zero-order chi connectivity index (χ0) is 25.0. The van der Waals surface area contributed by atoms with Gasteiger partial charge in [-0.3, -0.25) is 4.79 Å². The average Bonchev–Trinajstić information content (AvgIpc) is 3.12. The lowest BCUT2D eigenvalue weighted by atomic mass is 10.0. The molecule has 1 aliphatic heterocycles. The molecule has 0 aliphatic carbocycles. The van der Waals surface area contributed by atoms with Gasteiger partial charge in [-0.05, 0) is 33.1 Å². The van der Waals surface area contributed by atoms with Crippen LogP contribution >= 0.6 is 0 Å². The first-order chi connectivity index (χ1) is 16.5. The minimum Gasteiger partial charge on any atom is -0.387 e. The van der Waals surface area contributed by atoms with E-state index in [0.29, 0.717) is 19.6 Å². The maximum absolute atomic E-state index is 12.1. The summed E-state index contributed by atoms with van der Waals surface area (Å²) in [7, 11) is 1.60. The first-order valence-electron chi connectivity index (χ1n) is 14.2. The van der Waals surface area contributed by atoms with E-state index < -0.39 is 6.10 Å². The fourth-order valence-corrected chi connectivity index (χ4v) is 4.69. The minimum absolute atomic E-state index is 0.0981. The van der Waals surface area contributed by atoms with Crippen LogP contribution in [0.3, 0.4) is 0 Å². The van der Waals surface area contributed by atoms with E-state index in [2.05, 4.69) is 12.2 Å². The summed E-state index contributed by atoms with van der Waals surface area (Å²) < 4.78 is 17.0. The summed E-state index contributed by atoms with van der Waals surface area (Å²) in [5.74, 6) is 0.141. The highest BCUT2D eigenvalue weighted by Gasteiger charge is 2.43. The summed E-state index contributed by atoms with van der Waals surface area (Å²) in [4.78, 5) is 12.1. The number of carbonyl (C=O) groups is 1. The van der Waals surface area contributed by atoms with Gasteiger partial charge < -0.3 is 24.6 Å². The summed E-state index contributed by atoms with van der Waals surface area (Å²) in [6.45, 7) is 7.20. The number of amides is 1. The SMILES string of the molecule is CCCCCCCCCCCCCCCC(=O)NCCC[C@@H]1O[C@H](COC(C)C)C(O)[C@@H]1OC. The molecule has 1 rings (SSSR count). The Morgan fingerprint density at radius 1 is 0.882 bits per heavy atom. The molecule has 6 heteroatoms. The largest absolute Gasteiger partial charge is 0.387 e. The van der Waals surface area contributed by atoms with Crippen molar-refractivity contribution in [2.24, 2.45) is 0 Å². The number of aliphatic hydroxyl groups excluding tert-OH is 1. The van der Waals surface area contributed by atoms with E-state index in [-0.39, 0.29) is 30.3 Å². The van der Waals surface area contributed by atoms with E-state index in [9.17, 15) is 9.90 Å². The van der Waals surface area contributed by atoms with E-state index >= 15 is 0 Å². The van der Waals surface area contributed by atoms with Gasteiger partial charge in [-0.25, -0.2) is 0 Å². The smallest absolute Gasteiger partial charge is 0.219 e. The second-order valence-electron chi connectivity index (χ2n) is 10.3. The molecule has 0 bridgehead atoms. The van der Waals surface area contributed by atoms with E-state index in [4.69, 9.17) is 14.2 Å². The Kier molecular flexibility index (Phi) is 18.9. The first kappa shape index (κ1) is 31.3. The monoisotopic (exact) mass is 485 g/mol. The van der Waals surface area contributed by atoms with E-state index in [0.717, 1.165) is 25.7 Å². The first-order valence-corrected chi connectivity index (χ1v) is 14.2. The molecule has 4 atom stereocenters. The van der Waals surface area contributed by atoms with Crippen molar-refractivity contribution in [3.8, 4) is 0 Å². The number of nitrogens with one attached hydrogen (secondary N) is 1. The second kappa shape index (κ2) is 20.5. The van der Waals surface area contributed by atoms with Gasteiger partial charge in [0.05, 0.1) is 18.8 Å². The molecule has 1 amide bonds. The lowest BCUT2D eigenvalue weighted by Gasteiger charge is -2.18. The van der Waals surface area contributed by atoms with Crippen molar-refractivity contribution in [1.29, 1.82) is 0 Å². The number of unbranched alkanes of at least 4 members (excludes halogenated alkanes) is 12. The van der Waals surface area contributed by atoms with Gasteiger partial charge in [0.25, 0.3) is 0 Å². The third-order valence-electron chi connectivity index (χ3n) is 6.79. The zero-order valence-corrected chi connectivity index (χ0v) is 22.7. The Bertz CT molecular complexity index is 487. The second-order valence-corrected chi connectivity index (χ2v) is 10.3. The Hall–Kier alpha value is -0.690. The van der Waals surface area contributed by atoms with Crippen molar-refractivity contribution in [2.45, 2.75) is 154 Å². The highest BCUT2D eigenvalue weighted by Crippen LogP contribution is 2.27. The van der Waals surface area contributed by atoms with E-state index in [1.54, 1.807) is 7.11 Å². The number of ether oxygens (including phenoxy) is 3. The van der Waals surface area contributed by atoms with Crippen molar-refractivity contribution in [2.75, 3.05) is 20.3 Å². The Labute approximate surface area is 209 Å². The van der Waals surface area contributed by atoms with Crippen LogP contribution in [0.4, 0.5) is 0 Å². The van der Waals surface area contributed by atoms with Crippen molar-refractivity contribution >= 4 is 5.91 Å². The molecule has 202 valence electrons. The Morgan fingerprint density at radius 3 is 1.97 bits per heavy atom. The fourth-order valence-electron chi connectivity index (χ4n) is 4.69. The van der Waals surface area contributed by atoms with Crippen LogP contribution in [0.5, 0.6) is 0 Å². The lowest BCUT2D eigenvalue weighted by Crippen LogP contribution is -2.36. The van der Waals surface area contributed by atoms with Crippen molar-refractivity contribution in [3.05, 3.63) is 0 Å². The lowest BCUT2D eigenvalue weighted by molar-refractivity contribution is -0.121. The van der Waals surface area contributed by atoms with E-state index in [1.807, 2.05) is 13.8 Å². The van der Waals surface area contributed by atoms with Crippen LogP contribution in [0.15, 0.2) is 0 Å². The predicted molar refractivity (Wildman–Crippen MR) is 139 cm³/mol. The van der Waals surface area contributed by atoms with Gasteiger partial charge in [0.1, 0.15) is 18.3 Å². The number of rotatable bonds is 22. The molecule has 6 nitrogen and oxygen atoms in total. The Morgan fingerprint density at radius 2 is 1.44 bits per heavy atom. The van der Waals surface area contributed by atoms with Crippen molar-refractivity contribution in [3.63, 3.8) is 0 Å². The molecule has 1 aliphatic rings. The zero-order valence-electron chi connectivity index (χ0n) is 22.7. The Balaban J connectivity index is 1.97. The third kappa shape index (κ3) is 14.7. The van der Waals surface area contributed by atoms with Crippen molar-refractivity contribution in [1.82, 2.24) is 5.32 Å². The summed E-state index contributed by atoms with van der Waals surface area (Å²) in [6.07, 6.45) is 17.8. The molecule has 2 N–H and O–H groups in total. The molecule has 0 saturated carbocycles.